The van der Waals surface area contributed by atoms with E-state index in [2.05, 4.69) is 27.2 Å². The van der Waals surface area contributed by atoms with E-state index in [1.165, 1.54) is 19.4 Å². The number of likely N-dealkylation sites (N-methyl/N-ethyl adjacent to an activating group) is 1. The first-order valence-electron chi connectivity index (χ1n) is 6.60. The number of likely N-dealkylation sites (tertiary alicyclic amines) is 1. The summed E-state index contributed by atoms with van der Waals surface area (Å²) in [6, 6.07) is 8.37. The van der Waals surface area contributed by atoms with Crippen LogP contribution in [0.25, 0.3) is 10.9 Å². The molecule has 0 aliphatic carbocycles. The zero-order valence-corrected chi connectivity index (χ0v) is 11.7. The van der Waals surface area contributed by atoms with Crippen LogP contribution in [0, 0.1) is 0 Å². The summed E-state index contributed by atoms with van der Waals surface area (Å²) in [5.41, 5.74) is 0.883. The first-order chi connectivity index (χ1) is 9.22. The van der Waals surface area contributed by atoms with E-state index in [1.807, 2.05) is 24.3 Å². The zero-order valence-electron chi connectivity index (χ0n) is 10.9. The second kappa shape index (κ2) is 5.31. The second-order valence-corrected chi connectivity index (χ2v) is 5.44. The van der Waals surface area contributed by atoms with Gasteiger partial charge in [-0.15, -0.1) is 0 Å². The first kappa shape index (κ1) is 12.6. The van der Waals surface area contributed by atoms with Gasteiger partial charge >= 0.3 is 0 Å². The van der Waals surface area contributed by atoms with E-state index in [0.29, 0.717) is 11.3 Å². The molecule has 1 saturated heterocycles. The van der Waals surface area contributed by atoms with Crippen molar-refractivity contribution in [2.24, 2.45) is 0 Å². The fraction of sp³-hybridized carbons (Fsp3) is 0.429. The van der Waals surface area contributed by atoms with Gasteiger partial charge in [0.15, 0.2) is 0 Å². The molecule has 0 amide bonds. The molecule has 5 heteroatoms. The van der Waals surface area contributed by atoms with Crippen molar-refractivity contribution in [3.63, 3.8) is 0 Å². The third kappa shape index (κ3) is 2.80. The van der Waals surface area contributed by atoms with Crippen molar-refractivity contribution >= 4 is 28.3 Å². The molecule has 0 bridgehead atoms. The SMILES string of the molecule is CN1CCCC(Nc2nc(Cl)nc3ccccc23)C1. The number of nitrogens with zero attached hydrogens (tertiary/aromatic N) is 3. The van der Waals surface area contributed by atoms with Gasteiger partial charge in [-0.1, -0.05) is 12.1 Å². The highest BCUT2D eigenvalue weighted by molar-refractivity contribution is 6.28. The van der Waals surface area contributed by atoms with Gasteiger partial charge in [-0.05, 0) is 50.2 Å². The molecule has 1 unspecified atom stereocenters. The standard InChI is InChI=1S/C14H17ClN4/c1-19-8-4-5-10(9-19)16-13-11-6-2-3-7-12(11)17-14(15)18-13/h2-3,6-7,10H,4-5,8-9H2,1H3,(H,16,17,18). The van der Waals surface area contributed by atoms with Crippen molar-refractivity contribution in [2.75, 3.05) is 25.5 Å². The summed E-state index contributed by atoms with van der Waals surface area (Å²) in [7, 11) is 2.15. The molecule has 1 aromatic carbocycles. The molecule has 2 aromatic rings. The second-order valence-electron chi connectivity index (χ2n) is 5.10. The van der Waals surface area contributed by atoms with Crippen molar-refractivity contribution in [1.29, 1.82) is 0 Å². The number of piperidine rings is 1. The monoisotopic (exact) mass is 276 g/mol. The number of aromatic nitrogens is 2. The van der Waals surface area contributed by atoms with E-state index in [0.717, 1.165) is 23.3 Å². The average Bonchev–Trinajstić information content (AvgIpc) is 2.38. The van der Waals surface area contributed by atoms with Crippen LogP contribution in [0.1, 0.15) is 12.8 Å². The van der Waals surface area contributed by atoms with Gasteiger partial charge < -0.3 is 10.2 Å². The third-order valence-electron chi connectivity index (χ3n) is 3.54. The maximum Gasteiger partial charge on any atom is 0.224 e. The Labute approximate surface area is 117 Å². The topological polar surface area (TPSA) is 41.0 Å². The van der Waals surface area contributed by atoms with Gasteiger partial charge in [0.05, 0.1) is 5.52 Å². The number of nitrogens with one attached hydrogen (secondary N) is 1. The van der Waals surface area contributed by atoms with Gasteiger partial charge in [0.1, 0.15) is 5.82 Å². The number of anilines is 1. The lowest BCUT2D eigenvalue weighted by Gasteiger charge is -2.30. The minimum absolute atomic E-state index is 0.297. The number of hydrogen-bond acceptors (Lipinski definition) is 4. The quantitative estimate of drug-likeness (QED) is 0.857. The van der Waals surface area contributed by atoms with Gasteiger partial charge in [-0.3, -0.25) is 0 Å². The van der Waals surface area contributed by atoms with Crippen LogP contribution in [-0.4, -0.2) is 41.0 Å². The maximum absolute atomic E-state index is 6.00. The van der Waals surface area contributed by atoms with Crippen LogP contribution in [0.3, 0.4) is 0 Å². The summed E-state index contributed by atoms with van der Waals surface area (Å²) < 4.78 is 0. The molecule has 1 fully saturated rings. The third-order valence-corrected chi connectivity index (χ3v) is 3.71. The lowest BCUT2D eigenvalue weighted by Crippen LogP contribution is -2.39. The van der Waals surface area contributed by atoms with Crippen molar-refractivity contribution in [1.82, 2.24) is 14.9 Å². The molecule has 1 aliphatic heterocycles. The number of fused-ring (bicyclic) bond motifs is 1. The van der Waals surface area contributed by atoms with Gasteiger partial charge in [0, 0.05) is 18.0 Å². The highest BCUT2D eigenvalue weighted by Gasteiger charge is 2.18. The number of rotatable bonds is 2. The Morgan fingerprint density at radius 1 is 1.32 bits per heavy atom. The summed E-state index contributed by atoms with van der Waals surface area (Å²) in [5.74, 6) is 0.843. The van der Waals surface area contributed by atoms with Gasteiger partial charge in [0.25, 0.3) is 0 Å². The molecule has 0 radical (unpaired) electrons. The fourth-order valence-electron chi connectivity index (χ4n) is 2.64. The summed E-state index contributed by atoms with van der Waals surface area (Å²) >= 11 is 6.00. The van der Waals surface area contributed by atoms with E-state index in [4.69, 9.17) is 11.6 Å². The molecule has 0 spiro atoms. The van der Waals surface area contributed by atoms with Crippen LogP contribution >= 0.6 is 11.6 Å². The Kier molecular flexibility index (Phi) is 3.53. The largest absolute Gasteiger partial charge is 0.365 e. The molecule has 19 heavy (non-hydrogen) atoms. The van der Waals surface area contributed by atoms with Crippen LogP contribution in [0.4, 0.5) is 5.82 Å². The van der Waals surface area contributed by atoms with Crippen LogP contribution in [-0.2, 0) is 0 Å². The van der Waals surface area contributed by atoms with Gasteiger partial charge in [0.2, 0.25) is 5.28 Å². The van der Waals surface area contributed by atoms with Crippen molar-refractivity contribution in [2.45, 2.75) is 18.9 Å². The molecular weight excluding hydrogens is 260 g/mol. The lowest BCUT2D eigenvalue weighted by molar-refractivity contribution is 0.261. The van der Waals surface area contributed by atoms with Crippen LogP contribution in [0.15, 0.2) is 24.3 Å². The van der Waals surface area contributed by atoms with Crippen molar-refractivity contribution in [3.8, 4) is 0 Å². The Hall–Kier alpha value is -1.39. The predicted octanol–water partition coefficient (Wildman–Crippen LogP) is 2.79. The van der Waals surface area contributed by atoms with E-state index in [-0.39, 0.29) is 0 Å². The Morgan fingerprint density at radius 3 is 3.00 bits per heavy atom. The molecule has 0 saturated carbocycles. The molecule has 3 rings (SSSR count). The van der Waals surface area contributed by atoms with E-state index >= 15 is 0 Å². The van der Waals surface area contributed by atoms with Crippen LogP contribution < -0.4 is 5.32 Å². The molecule has 100 valence electrons. The maximum atomic E-state index is 6.00. The molecule has 1 N–H and O–H groups in total. The first-order valence-corrected chi connectivity index (χ1v) is 6.97. The Bertz CT molecular complexity index is 587. The summed E-state index contributed by atoms with van der Waals surface area (Å²) in [6.07, 6.45) is 2.38. The highest BCUT2D eigenvalue weighted by atomic mass is 35.5. The van der Waals surface area contributed by atoms with Crippen LogP contribution in [0.2, 0.25) is 5.28 Å². The molecular formula is C14H17ClN4. The molecule has 1 aliphatic rings. The van der Waals surface area contributed by atoms with E-state index < -0.39 is 0 Å². The van der Waals surface area contributed by atoms with E-state index in [1.54, 1.807) is 0 Å². The highest BCUT2D eigenvalue weighted by Crippen LogP contribution is 2.23. The number of hydrogen-bond donors (Lipinski definition) is 1. The van der Waals surface area contributed by atoms with Gasteiger partial charge in [-0.25, -0.2) is 9.97 Å². The summed E-state index contributed by atoms with van der Waals surface area (Å²) in [4.78, 5) is 10.9. The Balaban J connectivity index is 1.91. The van der Waals surface area contributed by atoms with Crippen molar-refractivity contribution < 1.29 is 0 Å². The Morgan fingerprint density at radius 2 is 2.16 bits per heavy atom. The summed E-state index contributed by atoms with van der Waals surface area (Å²) in [6.45, 7) is 2.21. The van der Waals surface area contributed by atoms with E-state index in [9.17, 15) is 0 Å². The molecule has 1 aromatic heterocycles. The van der Waals surface area contributed by atoms with Gasteiger partial charge in [-0.2, -0.15) is 0 Å². The number of para-hydroxylation sites is 1. The minimum atomic E-state index is 0.297. The summed E-state index contributed by atoms with van der Waals surface area (Å²) in [5, 5.41) is 4.84. The number of benzene rings is 1. The zero-order chi connectivity index (χ0) is 13.2. The minimum Gasteiger partial charge on any atom is -0.365 e. The normalized spacial score (nSPS) is 20.6. The fourth-order valence-corrected chi connectivity index (χ4v) is 2.81. The predicted molar refractivity (Wildman–Crippen MR) is 78.7 cm³/mol. The molecule has 1 atom stereocenters. The van der Waals surface area contributed by atoms with Crippen molar-refractivity contribution in [3.05, 3.63) is 29.5 Å². The van der Waals surface area contributed by atoms with Crippen LogP contribution in [0.5, 0.6) is 0 Å². The molecule has 2 heterocycles. The molecule has 4 nitrogen and oxygen atoms in total. The number of halogens is 1. The average molecular weight is 277 g/mol. The lowest BCUT2D eigenvalue weighted by atomic mass is 10.1. The smallest absolute Gasteiger partial charge is 0.224 e.